The zero-order chi connectivity index (χ0) is 28.0. The predicted molar refractivity (Wildman–Crippen MR) is 150 cm³/mol. The number of amides is 3. The van der Waals surface area contributed by atoms with Crippen molar-refractivity contribution in [3.63, 3.8) is 0 Å². The number of rotatable bonds is 11. The molecule has 0 fully saturated rings. The zero-order valence-electron chi connectivity index (χ0n) is 22.9. The summed E-state index contributed by atoms with van der Waals surface area (Å²) < 4.78 is 28.0. The molecular formula is C27H38N4O5S2. The third-order valence-corrected chi connectivity index (χ3v) is 9.67. The Morgan fingerprint density at radius 2 is 1.63 bits per heavy atom. The fourth-order valence-corrected chi connectivity index (χ4v) is 7.10. The van der Waals surface area contributed by atoms with Gasteiger partial charge in [0, 0.05) is 51.1 Å². The van der Waals surface area contributed by atoms with Crippen LogP contribution in [0.25, 0.3) is 0 Å². The second kappa shape index (κ2) is 12.9. The molecule has 0 radical (unpaired) electrons. The van der Waals surface area contributed by atoms with Gasteiger partial charge in [0.15, 0.2) is 0 Å². The van der Waals surface area contributed by atoms with E-state index >= 15 is 0 Å². The first-order valence-corrected chi connectivity index (χ1v) is 15.3. The standard InChI is InChI=1S/C27H38N4O5S2/c1-6-8-15-31(16-9-7-2)38(35,36)21-12-10-20(11-13-21)25(33)28-26-24(27(34)29(4)5)22-14-17-30(19(3)32)18-23(22)37-26/h10-13H,6-9,14-18H2,1-5H3,(H,28,33). The summed E-state index contributed by atoms with van der Waals surface area (Å²) in [4.78, 5) is 42.3. The van der Waals surface area contributed by atoms with Crippen molar-refractivity contribution < 1.29 is 22.8 Å². The van der Waals surface area contributed by atoms with Crippen LogP contribution in [0.3, 0.4) is 0 Å². The molecule has 3 amide bonds. The second-order valence-corrected chi connectivity index (χ2v) is 12.7. The lowest BCUT2D eigenvalue weighted by Gasteiger charge is -2.26. The summed E-state index contributed by atoms with van der Waals surface area (Å²) in [6.45, 7) is 7.42. The van der Waals surface area contributed by atoms with Gasteiger partial charge in [-0.3, -0.25) is 14.4 Å². The van der Waals surface area contributed by atoms with E-state index in [0.29, 0.717) is 43.2 Å². The molecule has 9 nitrogen and oxygen atoms in total. The Kier molecular flexibility index (Phi) is 10.1. The predicted octanol–water partition coefficient (Wildman–Crippen LogP) is 4.20. The van der Waals surface area contributed by atoms with E-state index in [9.17, 15) is 22.8 Å². The van der Waals surface area contributed by atoms with Crippen molar-refractivity contribution >= 4 is 44.1 Å². The number of anilines is 1. The topological polar surface area (TPSA) is 107 Å². The van der Waals surface area contributed by atoms with Crippen molar-refractivity contribution in [2.24, 2.45) is 0 Å². The SMILES string of the molecule is CCCCN(CCCC)S(=O)(=O)c1ccc(C(=O)Nc2sc3c(c2C(=O)N(C)C)CCN(C(C)=O)C3)cc1. The van der Waals surface area contributed by atoms with Crippen LogP contribution in [-0.2, 0) is 27.8 Å². The van der Waals surface area contributed by atoms with Gasteiger partial charge in [-0.1, -0.05) is 26.7 Å². The van der Waals surface area contributed by atoms with Gasteiger partial charge in [0.1, 0.15) is 5.00 Å². The second-order valence-electron chi connectivity index (χ2n) is 9.69. The lowest BCUT2D eigenvalue weighted by atomic mass is 10.0. The lowest BCUT2D eigenvalue weighted by molar-refractivity contribution is -0.129. The van der Waals surface area contributed by atoms with Gasteiger partial charge in [0.2, 0.25) is 15.9 Å². The molecule has 3 rings (SSSR count). The molecule has 1 aliphatic rings. The highest BCUT2D eigenvalue weighted by Gasteiger charge is 2.30. The van der Waals surface area contributed by atoms with Gasteiger partial charge in [-0.05, 0) is 49.1 Å². The van der Waals surface area contributed by atoms with Crippen molar-refractivity contribution in [2.45, 2.75) is 64.3 Å². The molecule has 208 valence electrons. The molecule has 0 aliphatic carbocycles. The molecule has 2 heterocycles. The number of carbonyl (C=O) groups excluding carboxylic acids is 3. The van der Waals surface area contributed by atoms with Crippen LogP contribution in [0.1, 0.15) is 77.6 Å². The first kappa shape index (κ1) is 29.8. The van der Waals surface area contributed by atoms with E-state index in [1.807, 2.05) is 13.8 Å². The van der Waals surface area contributed by atoms with Gasteiger partial charge < -0.3 is 15.1 Å². The Morgan fingerprint density at radius 1 is 1.03 bits per heavy atom. The molecule has 38 heavy (non-hydrogen) atoms. The van der Waals surface area contributed by atoms with Gasteiger partial charge in [-0.2, -0.15) is 4.31 Å². The van der Waals surface area contributed by atoms with Crippen LogP contribution in [0.5, 0.6) is 0 Å². The lowest BCUT2D eigenvalue weighted by Crippen LogP contribution is -2.34. The summed E-state index contributed by atoms with van der Waals surface area (Å²) in [5.41, 5.74) is 1.60. The van der Waals surface area contributed by atoms with Gasteiger partial charge in [0.25, 0.3) is 11.8 Å². The number of nitrogens with zero attached hydrogens (tertiary/aromatic N) is 3. The average Bonchev–Trinajstić information content (AvgIpc) is 3.24. The minimum Gasteiger partial charge on any atom is -0.345 e. The Balaban J connectivity index is 1.85. The molecule has 0 unspecified atom stereocenters. The van der Waals surface area contributed by atoms with E-state index in [1.165, 1.54) is 51.7 Å². The number of carbonyl (C=O) groups is 3. The summed E-state index contributed by atoms with van der Waals surface area (Å²) in [7, 11) is -0.350. The first-order chi connectivity index (χ1) is 18.0. The van der Waals surface area contributed by atoms with Crippen LogP contribution >= 0.6 is 11.3 Å². The number of unbranched alkanes of at least 4 members (excludes halogenated alkanes) is 2. The van der Waals surface area contributed by atoms with Crippen LogP contribution in [0.2, 0.25) is 0 Å². The molecule has 1 aromatic carbocycles. The van der Waals surface area contributed by atoms with Gasteiger partial charge in [-0.15, -0.1) is 11.3 Å². The summed E-state index contributed by atoms with van der Waals surface area (Å²) in [5, 5.41) is 3.31. The highest BCUT2D eigenvalue weighted by atomic mass is 32.2. The fraction of sp³-hybridized carbons (Fsp3) is 0.519. The van der Waals surface area contributed by atoms with Crippen LogP contribution in [0.15, 0.2) is 29.2 Å². The molecule has 0 saturated carbocycles. The van der Waals surface area contributed by atoms with E-state index in [1.54, 1.807) is 19.0 Å². The highest BCUT2D eigenvalue weighted by molar-refractivity contribution is 7.89. The van der Waals surface area contributed by atoms with Crippen LogP contribution in [-0.4, -0.2) is 74.0 Å². The minimum atomic E-state index is -3.67. The Morgan fingerprint density at radius 3 is 2.16 bits per heavy atom. The average molecular weight is 563 g/mol. The number of hydrogen-bond donors (Lipinski definition) is 1. The van der Waals surface area contributed by atoms with E-state index in [2.05, 4.69) is 5.32 Å². The maximum absolute atomic E-state index is 13.2. The number of thiophene rings is 1. The maximum atomic E-state index is 13.2. The Labute approximate surface area is 229 Å². The summed E-state index contributed by atoms with van der Waals surface area (Å²) in [6, 6.07) is 5.92. The molecular weight excluding hydrogens is 524 g/mol. The molecule has 2 aromatic rings. The van der Waals surface area contributed by atoms with Crippen molar-refractivity contribution in [2.75, 3.05) is 39.0 Å². The van der Waals surface area contributed by atoms with Gasteiger partial charge in [0.05, 0.1) is 17.0 Å². The largest absolute Gasteiger partial charge is 0.345 e. The number of sulfonamides is 1. The van der Waals surface area contributed by atoms with Crippen molar-refractivity contribution in [1.29, 1.82) is 0 Å². The fourth-order valence-electron chi connectivity index (χ4n) is 4.33. The number of nitrogens with one attached hydrogen (secondary N) is 1. The first-order valence-electron chi connectivity index (χ1n) is 13.0. The smallest absolute Gasteiger partial charge is 0.256 e. The van der Waals surface area contributed by atoms with Gasteiger partial charge >= 0.3 is 0 Å². The quantitative estimate of drug-likeness (QED) is 0.442. The monoisotopic (exact) mass is 562 g/mol. The van der Waals surface area contributed by atoms with Gasteiger partial charge in [-0.25, -0.2) is 8.42 Å². The number of benzene rings is 1. The molecule has 1 N–H and O–H groups in total. The molecule has 0 spiro atoms. The van der Waals surface area contributed by atoms with Crippen LogP contribution in [0, 0.1) is 0 Å². The molecule has 1 aliphatic heterocycles. The zero-order valence-corrected chi connectivity index (χ0v) is 24.5. The number of hydrogen-bond acceptors (Lipinski definition) is 6. The third-order valence-electron chi connectivity index (χ3n) is 6.63. The van der Waals surface area contributed by atoms with E-state index in [-0.39, 0.29) is 22.3 Å². The third kappa shape index (κ3) is 6.62. The van der Waals surface area contributed by atoms with Crippen LogP contribution in [0.4, 0.5) is 5.00 Å². The molecule has 0 atom stereocenters. The van der Waals surface area contributed by atoms with Crippen LogP contribution < -0.4 is 5.32 Å². The van der Waals surface area contributed by atoms with Crippen molar-refractivity contribution in [1.82, 2.24) is 14.1 Å². The van der Waals surface area contributed by atoms with E-state index in [4.69, 9.17) is 0 Å². The Hall–Kier alpha value is -2.76. The Bertz CT molecular complexity index is 1260. The number of fused-ring (bicyclic) bond motifs is 1. The molecule has 0 saturated heterocycles. The maximum Gasteiger partial charge on any atom is 0.256 e. The molecule has 0 bridgehead atoms. The highest BCUT2D eigenvalue weighted by Crippen LogP contribution is 2.38. The summed E-state index contributed by atoms with van der Waals surface area (Å²) in [5.74, 6) is -0.680. The molecule has 11 heteroatoms. The molecule has 1 aromatic heterocycles. The van der Waals surface area contributed by atoms with E-state index < -0.39 is 15.9 Å². The minimum absolute atomic E-state index is 0.0342. The van der Waals surface area contributed by atoms with Crippen molar-refractivity contribution in [3.05, 3.63) is 45.8 Å². The van der Waals surface area contributed by atoms with Crippen molar-refractivity contribution in [3.8, 4) is 0 Å². The van der Waals surface area contributed by atoms with E-state index in [0.717, 1.165) is 36.1 Å². The summed E-state index contributed by atoms with van der Waals surface area (Å²) in [6.07, 6.45) is 3.90. The normalized spacial score (nSPS) is 13.4. The summed E-state index contributed by atoms with van der Waals surface area (Å²) >= 11 is 1.30.